The molecule has 2 heterocycles. The van der Waals surface area contributed by atoms with Gasteiger partial charge in [0.1, 0.15) is 29.1 Å². The van der Waals surface area contributed by atoms with Crippen LogP contribution in [0.5, 0.6) is 11.5 Å². The van der Waals surface area contributed by atoms with E-state index in [1.807, 2.05) is 70.1 Å². The molecule has 1 aliphatic rings. The number of hydrogen-bond acceptors (Lipinski definition) is 4. The average molecular weight is 350 g/mol. The Bertz CT molecular complexity index is 720. The summed E-state index contributed by atoms with van der Waals surface area (Å²) >= 11 is 0. The summed E-state index contributed by atoms with van der Waals surface area (Å²) in [5, 5.41) is 0. The zero-order chi connectivity index (χ0) is 16.6. The Kier molecular flexibility index (Phi) is 5.31. The molecule has 0 N–H and O–H groups in total. The minimum absolute atomic E-state index is 0. The van der Waals surface area contributed by atoms with Gasteiger partial charge in [-0.3, -0.25) is 4.90 Å². The zero-order valence-corrected chi connectivity index (χ0v) is 15.5. The monoisotopic (exact) mass is 349 g/mol. The van der Waals surface area contributed by atoms with Crippen LogP contribution < -0.4 is 9.47 Å². The quantitative estimate of drug-likeness (QED) is 0.756. The summed E-state index contributed by atoms with van der Waals surface area (Å²) in [6, 6.07) is 9.81. The van der Waals surface area contributed by atoms with Gasteiger partial charge in [0.2, 0.25) is 0 Å². The van der Waals surface area contributed by atoms with E-state index >= 15 is 0 Å². The summed E-state index contributed by atoms with van der Waals surface area (Å²) in [6.45, 7) is 6.09. The normalized spacial score (nSPS) is 16.5. The summed E-state index contributed by atoms with van der Waals surface area (Å²) in [7, 11) is 3.97. The van der Waals surface area contributed by atoms with E-state index in [0.29, 0.717) is 0 Å². The number of furan rings is 1. The van der Waals surface area contributed by atoms with Gasteiger partial charge in [-0.05, 0) is 65.2 Å². The molecule has 0 aliphatic carbocycles. The number of halogens is 1. The molecule has 0 saturated heterocycles. The predicted molar refractivity (Wildman–Crippen MR) is 98.0 cm³/mol. The maximum absolute atomic E-state index is 6.12. The van der Waals surface area contributed by atoms with Crippen LogP contribution in [0.1, 0.15) is 32.1 Å². The summed E-state index contributed by atoms with van der Waals surface area (Å²) in [5.74, 6) is 2.45. The second kappa shape index (κ2) is 6.91. The first-order valence-electron chi connectivity index (χ1n) is 7.79. The fourth-order valence-corrected chi connectivity index (χ4v) is 2.56. The molecule has 5 heteroatoms. The van der Waals surface area contributed by atoms with Crippen molar-refractivity contribution >= 4 is 18.0 Å². The Morgan fingerprint density at radius 3 is 2.54 bits per heavy atom. The van der Waals surface area contributed by atoms with Gasteiger partial charge < -0.3 is 13.9 Å². The molecule has 0 amide bonds. The number of benzene rings is 1. The standard InChI is InChI=1S/C19H23NO3.ClH/c1-13(20(4)5)22-14-8-9-15-16(17-7-6-10-21-17)12-19(2,3)23-18(15)11-14;/h6-13H,1-5H3;1H. The third-order valence-electron chi connectivity index (χ3n) is 3.93. The molecule has 1 atom stereocenters. The van der Waals surface area contributed by atoms with Crippen molar-refractivity contribution in [1.29, 1.82) is 0 Å². The number of rotatable bonds is 4. The third-order valence-corrected chi connectivity index (χ3v) is 3.93. The number of ether oxygens (including phenoxy) is 2. The third kappa shape index (κ3) is 3.77. The van der Waals surface area contributed by atoms with E-state index in [4.69, 9.17) is 13.9 Å². The average Bonchev–Trinajstić information content (AvgIpc) is 2.99. The molecule has 0 radical (unpaired) electrons. The number of hydrogen-bond donors (Lipinski definition) is 0. The molecule has 3 rings (SSSR count). The number of fused-ring (bicyclic) bond motifs is 1. The lowest BCUT2D eigenvalue weighted by Crippen LogP contribution is -2.31. The van der Waals surface area contributed by atoms with Crippen LogP contribution in [0.2, 0.25) is 0 Å². The first kappa shape index (κ1) is 18.4. The molecule has 1 aromatic heterocycles. The molecule has 1 aliphatic heterocycles. The SMILES string of the molecule is CC(Oc1ccc2c(c1)OC(C)(C)C=C2c1ccco1)N(C)C.Cl. The van der Waals surface area contributed by atoms with Crippen molar-refractivity contribution in [3.8, 4) is 11.5 Å². The van der Waals surface area contributed by atoms with Crippen LogP contribution in [0.3, 0.4) is 0 Å². The molecule has 0 bridgehead atoms. The Hall–Kier alpha value is -1.91. The van der Waals surface area contributed by atoms with Gasteiger partial charge in [0.15, 0.2) is 0 Å². The maximum Gasteiger partial charge on any atom is 0.149 e. The van der Waals surface area contributed by atoms with E-state index in [1.165, 1.54) is 0 Å². The smallest absolute Gasteiger partial charge is 0.149 e. The zero-order valence-electron chi connectivity index (χ0n) is 14.7. The molecule has 0 saturated carbocycles. The fourth-order valence-electron chi connectivity index (χ4n) is 2.56. The van der Waals surface area contributed by atoms with Gasteiger partial charge in [0.05, 0.1) is 6.26 Å². The van der Waals surface area contributed by atoms with Crippen molar-refractivity contribution in [2.24, 2.45) is 0 Å². The molecule has 0 fully saturated rings. The van der Waals surface area contributed by atoms with Gasteiger partial charge in [0, 0.05) is 17.2 Å². The first-order valence-corrected chi connectivity index (χ1v) is 7.79. The van der Waals surface area contributed by atoms with Crippen molar-refractivity contribution in [3.05, 3.63) is 54.0 Å². The molecule has 1 unspecified atom stereocenters. The molecular weight excluding hydrogens is 326 g/mol. The molecule has 2 aromatic rings. The van der Waals surface area contributed by atoms with E-state index in [-0.39, 0.29) is 18.6 Å². The van der Waals surface area contributed by atoms with Crippen LogP contribution >= 0.6 is 12.4 Å². The second-order valence-corrected chi connectivity index (χ2v) is 6.58. The molecule has 24 heavy (non-hydrogen) atoms. The fraction of sp³-hybridized carbons (Fsp3) is 0.368. The van der Waals surface area contributed by atoms with E-state index in [2.05, 4.69) is 6.08 Å². The Labute approximate surface area is 149 Å². The molecule has 1 aromatic carbocycles. The van der Waals surface area contributed by atoms with E-state index in [1.54, 1.807) is 6.26 Å². The topological polar surface area (TPSA) is 34.8 Å². The largest absolute Gasteiger partial charge is 0.483 e. The first-order chi connectivity index (χ1) is 10.9. The predicted octanol–water partition coefficient (Wildman–Crippen LogP) is 4.59. The molecule has 130 valence electrons. The Balaban J connectivity index is 0.00000208. The van der Waals surface area contributed by atoms with Crippen molar-refractivity contribution in [2.45, 2.75) is 32.6 Å². The minimum atomic E-state index is -0.402. The van der Waals surface area contributed by atoms with Crippen LogP contribution in [0, 0.1) is 0 Å². The highest BCUT2D eigenvalue weighted by atomic mass is 35.5. The van der Waals surface area contributed by atoms with Crippen LogP contribution in [-0.2, 0) is 0 Å². The van der Waals surface area contributed by atoms with E-state index < -0.39 is 5.60 Å². The van der Waals surface area contributed by atoms with Gasteiger partial charge >= 0.3 is 0 Å². The molecule has 0 spiro atoms. The highest BCUT2D eigenvalue weighted by Gasteiger charge is 2.28. The van der Waals surface area contributed by atoms with Crippen LogP contribution in [0.15, 0.2) is 47.1 Å². The minimum Gasteiger partial charge on any atom is -0.483 e. The Morgan fingerprint density at radius 1 is 1.17 bits per heavy atom. The highest BCUT2D eigenvalue weighted by molar-refractivity contribution is 5.85. The van der Waals surface area contributed by atoms with Crippen molar-refractivity contribution in [3.63, 3.8) is 0 Å². The summed E-state index contributed by atoms with van der Waals surface area (Å²) in [6.07, 6.45) is 3.77. The van der Waals surface area contributed by atoms with Gasteiger partial charge in [-0.25, -0.2) is 0 Å². The van der Waals surface area contributed by atoms with Crippen molar-refractivity contribution < 1.29 is 13.9 Å². The Morgan fingerprint density at radius 2 is 1.92 bits per heavy atom. The van der Waals surface area contributed by atoms with Gasteiger partial charge in [-0.1, -0.05) is 0 Å². The van der Waals surface area contributed by atoms with Crippen molar-refractivity contribution in [2.75, 3.05) is 14.1 Å². The lowest BCUT2D eigenvalue weighted by Gasteiger charge is -2.31. The lowest BCUT2D eigenvalue weighted by atomic mass is 9.93. The van der Waals surface area contributed by atoms with Crippen LogP contribution in [-0.4, -0.2) is 30.8 Å². The van der Waals surface area contributed by atoms with Gasteiger partial charge in [0.25, 0.3) is 0 Å². The molecular formula is C19H24ClNO3. The molecule has 4 nitrogen and oxygen atoms in total. The highest BCUT2D eigenvalue weighted by Crippen LogP contribution is 2.41. The van der Waals surface area contributed by atoms with Crippen LogP contribution in [0.4, 0.5) is 0 Å². The van der Waals surface area contributed by atoms with E-state index in [9.17, 15) is 0 Å². The second-order valence-electron chi connectivity index (χ2n) is 6.58. The van der Waals surface area contributed by atoms with Crippen molar-refractivity contribution in [1.82, 2.24) is 4.90 Å². The summed E-state index contributed by atoms with van der Waals surface area (Å²) in [4.78, 5) is 2.01. The van der Waals surface area contributed by atoms with Crippen LogP contribution in [0.25, 0.3) is 5.57 Å². The maximum atomic E-state index is 6.12. The summed E-state index contributed by atoms with van der Waals surface area (Å²) in [5.41, 5.74) is 1.67. The van der Waals surface area contributed by atoms with E-state index in [0.717, 1.165) is 28.4 Å². The lowest BCUT2D eigenvalue weighted by molar-refractivity contribution is 0.0806. The number of nitrogens with zero attached hydrogens (tertiary/aromatic N) is 1. The summed E-state index contributed by atoms with van der Waals surface area (Å²) < 4.78 is 17.6. The van der Waals surface area contributed by atoms with Gasteiger partial charge in [-0.2, -0.15) is 0 Å². The van der Waals surface area contributed by atoms with Gasteiger partial charge in [-0.15, -0.1) is 12.4 Å².